The summed E-state index contributed by atoms with van der Waals surface area (Å²) < 4.78 is 0. The monoisotopic (exact) mass is 414 g/mol. The zero-order valence-electron chi connectivity index (χ0n) is 19.8. The van der Waals surface area contributed by atoms with E-state index in [-0.39, 0.29) is 0 Å². The molecule has 0 saturated heterocycles. The van der Waals surface area contributed by atoms with Crippen molar-refractivity contribution in [2.24, 2.45) is 5.92 Å². The van der Waals surface area contributed by atoms with Gasteiger partial charge in [-0.15, -0.1) is 0 Å². The fourth-order valence-corrected chi connectivity index (χ4v) is 13.5. The Morgan fingerprint density at radius 1 is 0.700 bits per heavy atom. The molecular weight excluding hydrogens is 376 g/mol. The van der Waals surface area contributed by atoms with E-state index in [1.165, 1.54) is 43.2 Å². The highest BCUT2D eigenvalue weighted by Gasteiger charge is 2.51. The highest BCUT2D eigenvalue weighted by atomic mass is 28.3. The summed E-state index contributed by atoms with van der Waals surface area (Å²) in [6.07, 6.45) is 6.96. The van der Waals surface area contributed by atoms with Gasteiger partial charge >= 0.3 is 0 Å². The predicted molar refractivity (Wildman–Crippen MR) is 134 cm³/mol. The van der Waals surface area contributed by atoms with Gasteiger partial charge in [-0.25, -0.2) is 0 Å². The molecule has 2 aliphatic carbocycles. The first-order valence-corrected chi connectivity index (χ1v) is 14.0. The minimum Gasteiger partial charge on any atom is -0.0636 e. The second-order valence-electron chi connectivity index (χ2n) is 9.95. The van der Waals surface area contributed by atoms with Crippen molar-refractivity contribution >= 4 is 18.4 Å². The van der Waals surface area contributed by atoms with E-state index in [0.717, 1.165) is 5.54 Å². The van der Waals surface area contributed by atoms with Crippen LogP contribution < -0.4 is 10.4 Å². The Kier molecular flexibility index (Phi) is 5.94. The summed E-state index contributed by atoms with van der Waals surface area (Å²) in [6, 6.07) is 19.1. The first-order chi connectivity index (χ1) is 14.4. The molecule has 2 aromatic carbocycles. The number of benzene rings is 2. The van der Waals surface area contributed by atoms with Crippen LogP contribution in [0, 0.1) is 19.8 Å². The normalized spacial score (nSPS) is 22.5. The molecule has 30 heavy (non-hydrogen) atoms. The molecule has 0 nitrogen and oxygen atoms in total. The fourth-order valence-electron chi connectivity index (χ4n) is 6.61. The van der Waals surface area contributed by atoms with Gasteiger partial charge in [0.2, 0.25) is 0 Å². The van der Waals surface area contributed by atoms with Crippen LogP contribution in [-0.4, -0.2) is 8.07 Å². The van der Waals surface area contributed by atoms with E-state index >= 15 is 0 Å². The van der Waals surface area contributed by atoms with Gasteiger partial charge in [-0.2, -0.15) is 0 Å². The third kappa shape index (κ3) is 3.36. The van der Waals surface area contributed by atoms with Gasteiger partial charge in [-0.1, -0.05) is 115 Å². The number of allylic oxidation sites excluding steroid dienone is 4. The summed E-state index contributed by atoms with van der Waals surface area (Å²) in [6.45, 7) is 14.2. The van der Waals surface area contributed by atoms with E-state index in [2.05, 4.69) is 90.1 Å². The predicted octanol–water partition coefficient (Wildman–Crippen LogP) is 7.04. The zero-order valence-corrected chi connectivity index (χ0v) is 20.8. The summed E-state index contributed by atoms with van der Waals surface area (Å²) in [5.41, 5.74) is 8.36. The van der Waals surface area contributed by atoms with Crippen molar-refractivity contribution in [3.8, 4) is 0 Å². The average Bonchev–Trinajstić information content (AvgIpc) is 2.94. The van der Waals surface area contributed by atoms with Crippen molar-refractivity contribution in [2.75, 3.05) is 0 Å². The Hall–Kier alpha value is -1.86. The van der Waals surface area contributed by atoms with Crippen LogP contribution in [0.15, 0.2) is 70.4 Å². The van der Waals surface area contributed by atoms with E-state index in [9.17, 15) is 0 Å². The molecule has 2 aromatic rings. The van der Waals surface area contributed by atoms with E-state index < -0.39 is 8.07 Å². The Labute approximate surface area is 185 Å². The van der Waals surface area contributed by atoms with Gasteiger partial charge in [0.1, 0.15) is 8.07 Å². The summed E-state index contributed by atoms with van der Waals surface area (Å²) in [4.78, 5) is 0. The lowest BCUT2D eigenvalue weighted by molar-refractivity contribution is 0.494. The zero-order chi connectivity index (χ0) is 21.5. The molecule has 0 radical (unpaired) electrons. The summed E-state index contributed by atoms with van der Waals surface area (Å²) in [7, 11) is -2.15. The number of rotatable bonds is 4. The molecule has 2 atom stereocenters. The van der Waals surface area contributed by atoms with Crippen molar-refractivity contribution in [2.45, 2.75) is 79.2 Å². The van der Waals surface area contributed by atoms with Crippen molar-refractivity contribution in [1.29, 1.82) is 0 Å². The maximum Gasteiger partial charge on any atom is 0.148 e. The molecular formula is C29H38Si. The third-order valence-electron chi connectivity index (χ3n) is 8.19. The van der Waals surface area contributed by atoms with Crippen LogP contribution in [0.2, 0.25) is 5.54 Å². The molecule has 0 aliphatic heterocycles. The van der Waals surface area contributed by atoms with Gasteiger partial charge in [-0.3, -0.25) is 0 Å². The summed E-state index contributed by atoms with van der Waals surface area (Å²) in [5, 5.41) is 5.09. The maximum atomic E-state index is 2.55. The number of hydrogen-bond donors (Lipinski definition) is 0. The Bertz CT molecular complexity index is 968. The van der Waals surface area contributed by atoms with Gasteiger partial charge in [-0.05, 0) is 62.0 Å². The Morgan fingerprint density at radius 2 is 1.30 bits per heavy atom. The molecule has 1 saturated carbocycles. The van der Waals surface area contributed by atoms with Gasteiger partial charge in [0, 0.05) is 0 Å². The van der Waals surface area contributed by atoms with Crippen LogP contribution in [0.1, 0.15) is 70.9 Å². The van der Waals surface area contributed by atoms with Crippen molar-refractivity contribution in [3.05, 3.63) is 81.6 Å². The van der Waals surface area contributed by atoms with Crippen LogP contribution >= 0.6 is 0 Å². The topological polar surface area (TPSA) is 0 Å². The third-order valence-corrected chi connectivity index (χ3v) is 14.1. The lowest BCUT2D eigenvalue weighted by Gasteiger charge is -2.45. The number of aryl methyl sites for hydroxylation is 2. The largest absolute Gasteiger partial charge is 0.148 e. The lowest BCUT2D eigenvalue weighted by Crippen LogP contribution is -2.64. The molecule has 0 bridgehead atoms. The van der Waals surface area contributed by atoms with Gasteiger partial charge in [0.05, 0.1) is 0 Å². The minimum atomic E-state index is -2.15. The van der Waals surface area contributed by atoms with Gasteiger partial charge in [0.25, 0.3) is 0 Å². The molecule has 0 amide bonds. The van der Waals surface area contributed by atoms with E-state index in [4.69, 9.17) is 0 Å². The van der Waals surface area contributed by atoms with E-state index in [1.54, 1.807) is 32.3 Å². The van der Waals surface area contributed by atoms with Gasteiger partial charge < -0.3 is 0 Å². The smallest absolute Gasteiger partial charge is 0.0636 e. The highest BCUT2D eigenvalue weighted by Crippen LogP contribution is 2.48. The minimum absolute atomic E-state index is 0.555. The van der Waals surface area contributed by atoms with Crippen LogP contribution in [0.5, 0.6) is 0 Å². The molecule has 2 aliphatic rings. The molecule has 1 fully saturated rings. The van der Waals surface area contributed by atoms with Crippen LogP contribution in [0.4, 0.5) is 0 Å². The molecule has 0 heterocycles. The van der Waals surface area contributed by atoms with Crippen molar-refractivity contribution in [3.63, 3.8) is 0 Å². The fraction of sp³-hybridized carbons (Fsp3) is 0.448. The van der Waals surface area contributed by atoms with Crippen molar-refractivity contribution in [1.82, 2.24) is 0 Å². The van der Waals surface area contributed by atoms with Crippen LogP contribution in [0.3, 0.4) is 0 Å². The van der Waals surface area contributed by atoms with Crippen LogP contribution in [0.25, 0.3) is 0 Å². The Balaban J connectivity index is 2.10. The quantitative estimate of drug-likeness (QED) is 0.471. The highest BCUT2D eigenvalue weighted by molar-refractivity contribution is 7.08. The Morgan fingerprint density at radius 3 is 1.83 bits per heavy atom. The summed E-state index contributed by atoms with van der Waals surface area (Å²) >= 11 is 0. The first kappa shape index (κ1) is 21.4. The number of hydrogen-bond acceptors (Lipinski definition) is 0. The SMILES string of the molecule is CC1=C(C)C(C)C([Si](c2ccccc2)(c2cc(C)cc(C)c2)C2CCCCC2)=C1C. The molecule has 1 heteroatoms. The molecule has 0 aromatic heterocycles. The average molecular weight is 415 g/mol. The second kappa shape index (κ2) is 8.34. The van der Waals surface area contributed by atoms with E-state index in [0.29, 0.717) is 5.92 Å². The van der Waals surface area contributed by atoms with Crippen molar-refractivity contribution < 1.29 is 0 Å². The second-order valence-corrected chi connectivity index (χ2v) is 14.1. The van der Waals surface area contributed by atoms with Gasteiger partial charge in [0.15, 0.2) is 0 Å². The molecule has 158 valence electrons. The molecule has 2 unspecified atom stereocenters. The molecule has 0 N–H and O–H groups in total. The lowest BCUT2D eigenvalue weighted by atomic mass is 10.00. The van der Waals surface area contributed by atoms with Crippen LogP contribution in [-0.2, 0) is 0 Å². The molecule has 4 rings (SSSR count). The first-order valence-electron chi connectivity index (χ1n) is 11.9. The van der Waals surface area contributed by atoms with E-state index in [1.807, 2.05) is 0 Å². The standard InChI is InChI=1S/C29H38Si/c1-20-17-21(2)19-28(18-20)30(26-13-9-7-10-14-26,27-15-11-8-12-16-27)29-24(5)22(3)23(4)25(29)6/h7,9-10,13-14,17-19,24,27H,8,11-12,15-16H2,1-6H3. The molecule has 0 spiro atoms. The summed E-state index contributed by atoms with van der Waals surface area (Å²) in [5.74, 6) is 0.555. The maximum absolute atomic E-state index is 2.55.